The number of carbonyl (C=O) groups is 3. The van der Waals surface area contributed by atoms with E-state index in [0.29, 0.717) is 20.5 Å². The van der Waals surface area contributed by atoms with Crippen LogP contribution in [0.2, 0.25) is 0 Å². The second-order valence-electron chi connectivity index (χ2n) is 9.45. The van der Waals surface area contributed by atoms with Crippen LogP contribution in [0, 0.1) is 5.92 Å². The predicted molar refractivity (Wildman–Crippen MR) is 135 cm³/mol. The Bertz CT molecular complexity index is 1530. The quantitative estimate of drug-likeness (QED) is 0.364. The molecule has 38 heavy (non-hydrogen) atoms. The second kappa shape index (κ2) is 9.02. The van der Waals surface area contributed by atoms with Crippen molar-refractivity contribution >= 4 is 52.2 Å². The second-order valence-corrected chi connectivity index (χ2v) is 11.5. The number of aromatic hydroxyl groups is 1. The van der Waals surface area contributed by atoms with Crippen LogP contribution >= 0.6 is 23.1 Å². The number of hydrogen-bond donors (Lipinski definition) is 2. The molecule has 2 atom stereocenters. The standard InChI is InChI=1S/C25H20F3N3O5S2/c1-24(2)17-18(21(35)31(20(17)34)15-6-4-3-5-14(15)25(26,27)28)37-22-19(24)38-23(36)30(22)11-16(33)29-12-7-9-13(32)10-8-12/h3-10,17-18,32H,11H2,1-2H3,(H,29,33). The summed E-state index contributed by atoms with van der Waals surface area (Å²) in [7, 11) is 0. The predicted octanol–water partition coefficient (Wildman–Crippen LogP) is 4.21. The molecule has 198 valence electrons. The summed E-state index contributed by atoms with van der Waals surface area (Å²) in [5.74, 6) is -3.10. The number of hydrogen-bond acceptors (Lipinski definition) is 7. The van der Waals surface area contributed by atoms with Crippen LogP contribution in [0.3, 0.4) is 0 Å². The molecule has 8 nitrogen and oxygen atoms in total. The number of benzene rings is 2. The molecule has 2 unspecified atom stereocenters. The lowest BCUT2D eigenvalue weighted by Gasteiger charge is -2.36. The van der Waals surface area contributed by atoms with E-state index in [0.717, 1.165) is 35.2 Å². The zero-order valence-electron chi connectivity index (χ0n) is 19.9. The van der Waals surface area contributed by atoms with E-state index in [1.54, 1.807) is 13.8 Å². The molecule has 0 saturated carbocycles. The number of fused-ring (bicyclic) bond motifs is 2. The number of para-hydroxylation sites is 1. The maximum absolute atomic E-state index is 13.7. The first-order chi connectivity index (χ1) is 17.8. The van der Waals surface area contributed by atoms with Crippen molar-refractivity contribution in [2.45, 2.75) is 42.3 Å². The third-order valence-electron chi connectivity index (χ3n) is 6.61. The van der Waals surface area contributed by atoms with Crippen LogP contribution in [-0.2, 0) is 32.5 Å². The zero-order chi connectivity index (χ0) is 27.6. The lowest BCUT2D eigenvalue weighted by molar-refractivity contribution is -0.137. The smallest absolute Gasteiger partial charge is 0.418 e. The third-order valence-corrected chi connectivity index (χ3v) is 9.43. The molecule has 1 aromatic heterocycles. The number of nitrogens with zero attached hydrogens (tertiary/aromatic N) is 2. The van der Waals surface area contributed by atoms with Crippen molar-refractivity contribution in [1.29, 1.82) is 0 Å². The number of thioether (sulfide) groups is 1. The number of phenols is 1. The molecule has 2 aliphatic rings. The number of halogens is 3. The molecule has 1 saturated heterocycles. The van der Waals surface area contributed by atoms with Gasteiger partial charge in [0.1, 0.15) is 17.5 Å². The van der Waals surface area contributed by atoms with Gasteiger partial charge in [0.2, 0.25) is 17.7 Å². The lowest BCUT2D eigenvalue weighted by Crippen LogP contribution is -2.42. The number of imide groups is 1. The van der Waals surface area contributed by atoms with Crippen LogP contribution in [0.15, 0.2) is 58.4 Å². The summed E-state index contributed by atoms with van der Waals surface area (Å²) in [5.41, 5.74) is -2.30. The molecular weight excluding hydrogens is 543 g/mol. The zero-order valence-corrected chi connectivity index (χ0v) is 21.5. The number of nitrogens with one attached hydrogen (secondary N) is 1. The molecule has 2 N–H and O–H groups in total. The molecule has 1 fully saturated rings. The Hall–Kier alpha value is -3.58. The summed E-state index contributed by atoms with van der Waals surface area (Å²) in [6.45, 7) is 2.96. The first-order valence-electron chi connectivity index (χ1n) is 11.3. The fourth-order valence-corrected chi connectivity index (χ4v) is 7.84. The number of amides is 3. The van der Waals surface area contributed by atoms with Gasteiger partial charge in [0.05, 0.1) is 22.2 Å². The van der Waals surface area contributed by atoms with Gasteiger partial charge in [-0.05, 0) is 36.4 Å². The van der Waals surface area contributed by atoms with Gasteiger partial charge >= 0.3 is 11.0 Å². The summed E-state index contributed by atoms with van der Waals surface area (Å²) in [5, 5.41) is 11.3. The summed E-state index contributed by atoms with van der Waals surface area (Å²) in [4.78, 5) is 53.2. The Morgan fingerprint density at radius 2 is 1.71 bits per heavy atom. The highest BCUT2D eigenvalue weighted by Gasteiger charge is 2.60. The fourth-order valence-electron chi connectivity index (χ4n) is 4.80. The average Bonchev–Trinajstić information content (AvgIpc) is 3.29. The number of aromatic nitrogens is 1. The van der Waals surface area contributed by atoms with E-state index in [9.17, 15) is 37.5 Å². The van der Waals surface area contributed by atoms with Gasteiger partial charge in [-0.1, -0.05) is 49.1 Å². The first-order valence-corrected chi connectivity index (χ1v) is 13.0. The number of thiazole rings is 1. The Kier molecular flexibility index (Phi) is 6.18. The largest absolute Gasteiger partial charge is 0.508 e. The maximum atomic E-state index is 13.7. The van der Waals surface area contributed by atoms with Gasteiger partial charge in [0, 0.05) is 16.0 Å². The minimum atomic E-state index is -4.78. The summed E-state index contributed by atoms with van der Waals surface area (Å²) < 4.78 is 42.3. The van der Waals surface area contributed by atoms with E-state index < -0.39 is 56.6 Å². The summed E-state index contributed by atoms with van der Waals surface area (Å²) >= 11 is 1.76. The number of phenolic OH excluding ortho intramolecular Hbond substituents is 1. The van der Waals surface area contributed by atoms with Crippen LogP contribution < -0.4 is 15.1 Å². The normalized spacial score (nSPS) is 20.3. The molecule has 3 aromatic rings. The Labute approximate surface area is 222 Å². The molecule has 0 bridgehead atoms. The number of alkyl halides is 3. The van der Waals surface area contributed by atoms with Crippen molar-refractivity contribution < 1.29 is 32.7 Å². The maximum Gasteiger partial charge on any atom is 0.418 e. The van der Waals surface area contributed by atoms with E-state index in [-0.39, 0.29) is 12.3 Å². The molecule has 0 aliphatic carbocycles. The highest BCUT2D eigenvalue weighted by atomic mass is 32.2. The highest BCUT2D eigenvalue weighted by molar-refractivity contribution is 8.00. The van der Waals surface area contributed by atoms with Crippen LogP contribution in [-0.4, -0.2) is 32.6 Å². The number of rotatable bonds is 4. The molecular formula is C25H20F3N3O5S2. The van der Waals surface area contributed by atoms with E-state index in [2.05, 4.69) is 5.32 Å². The molecule has 3 heterocycles. The summed E-state index contributed by atoms with van der Waals surface area (Å²) in [6.07, 6.45) is -4.78. The van der Waals surface area contributed by atoms with Gasteiger partial charge < -0.3 is 10.4 Å². The van der Waals surface area contributed by atoms with Gasteiger partial charge in [-0.15, -0.1) is 0 Å². The van der Waals surface area contributed by atoms with E-state index >= 15 is 0 Å². The monoisotopic (exact) mass is 563 g/mol. The Balaban J connectivity index is 1.49. The van der Waals surface area contributed by atoms with Crippen LogP contribution in [0.5, 0.6) is 5.75 Å². The molecule has 2 aliphatic heterocycles. The van der Waals surface area contributed by atoms with Crippen molar-refractivity contribution in [3.63, 3.8) is 0 Å². The summed E-state index contributed by atoms with van der Waals surface area (Å²) in [6, 6.07) is 10.2. The minimum Gasteiger partial charge on any atom is -0.508 e. The van der Waals surface area contributed by atoms with E-state index in [1.165, 1.54) is 41.0 Å². The van der Waals surface area contributed by atoms with Gasteiger partial charge in [-0.25, -0.2) is 4.90 Å². The highest BCUT2D eigenvalue weighted by Crippen LogP contribution is 2.55. The van der Waals surface area contributed by atoms with Crippen molar-refractivity contribution in [1.82, 2.24) is 4.57 Å². The van der Waals surface area contributed by atoms with Crippen LogP contribution in [0.4, 0.5) is 24.5 Å². The topological polar surface area (TPSA) is 109 Å². The molecule has 5 rings (SSSR count). The van der Waals surface area contributed by atoms with Crippen LogP contribution in [0.25, 0.3) is 0 Å². The number of anilines is 2. The van der Waals surface area contributed by atoms with Gasteiger partial charge in [-0.2, -0.15) is 13.2 Å². The molecule has 0 spiro atoms. The molecule has 0 radical (unpaired) electrons. The molecule has 13 heteroatoms. The molecule has 2 aromatic carbocycles. The van der Waals surface area contributed by atoms with E-state index in [1.807, 2.05) is 0 Å². The van der Waals surface area contributed by atoms with Gasteiger partial charge in [0.25, 0.3) is 0 Å². The average molecular weight is 564 g/mol. The van der Waals surface area contributed by atoms with Crippen LogP contribution in [0.1, 0.15) is 24.3 Å². The SMILES string of the molecule is CC1(C)c2sc(=O)n(CC(=O)Nc3ccc(O)cc3)c2SC2C(=O)N(c3ccccc3C(F)(F)F)C(=O)C21. The minimum absolute atomic E-state index is 0.0157. The lowest BCUT2D eigenvalue weighted by atomic mass is 9.76. The Morgan fingerprint density at radius 3 is 2.37 bits per heavy atom. The fraction of sp³-hybridized carbons (Fsp3) is 0.280. The van der Waals surface area contributed by atoms with Crippen molar-refractivity contribution in [3.05, 3.63) is 68.6 Å². The van der Waals surface area contributed by atoms with E-state index in [4.69, 9.17) is 0 Å². The van der Waals surface area contributed by atoms with Crippen molar-refractivity contribution in [2.24, 2.45) is 5.92 Å². The molecule has 3 amide bonds. The van der Waals surface area contributed by atoms with Crippen molar-refractivity contribution in [3.8, 4) is 5.75 Å². The number of carbonyl (C=O) groups excluding carboxylic acids is 3. The van der Waals surface area contributed by atoms with Crippen molar-refractivity contribution in [2.75, 3.05) is 10.2 Å². The van der Waals surface area contributed by atoms with Gasteiger partial charge in [0.15, 0.2) is 0 Å². The van der Waals surface area contributed by atoms with Gasteiger partial charge in [-0.3, -0.25) is 23.7 Å². The Morgan fingerprint density at radius 1 is 1.05 bits per heavy atom. The third kappa shape index (κ3) is 4.19. The first kappa shape index (κ1) is 26.0.